The summed E-state index contributed by atoms with van der Waals surface area (Å²) in [5.74, 6) is 0.0686. The molecule has 3 fully saturated rings. The number of piperazine rings is 1. The molecular formula is C49H50ClN9O8. The van der Waals surface area contributed by atoms with E-state index < -0.39 is 17.5 Å². The van der Waals surface area contributed by atoms with Crippen molar-refractivity contribution in [1.82, 2.24) is 29.5 Å². The van der Waals surface area contributed by atoms with Crippen LogP contribution in [-0.2, 0) is 39.6 Å². The van der Waals surface area contributed by atoms with Crippen LogP contribution in [0.15, 0.2) is 53.3 Å². The van der Waals surface area contributed by atoms with E-state index in [1.54, 1.807) is 47.9 Å². The number of nitriles is 1. The molecule has 1 aliphatic carbocycles. The van der Waals surface area contributed by atoms with Crippen molar-refractivity contribution >= 4 is 46.1 Å². The van der Waals surface area contributed by atoms with Crippen LogP contribution < -0.4 is 20.9 Å². The topological polar surface area (TPSA) is 230 Å². The molecule has 2 saturated heterocycles. The highest BCUT2D eigenvalue weighted by molar-refractivity contribution is 6.31. The number of phenols is 1. The molecular weight excluding hydrogens is 878 g/mol. The number of benzene rings is 2. The average Bonchev–Trinajstić information content (AvgIpc) is 3.71. The Kier molecular flexibility index (Phi) is 11.6. The van der Waals surface area contributed by atoms with E-state index in [1.807, 2.05) is 17.0 Å². The summed E-state index contributed by atoms with van der Waals surface area (Å²) in [5, 5.41) is 41.4. The summed E-state index contributed by atoms with van der Waals surface area (Å²) in [6.07, 6.45) is 4.36. The summed E-state index contributed by atoms with van der Waals surface area (Å²) in [6.45, 7) is 5.73. The fraction of sp³-hybridized carbons (Fsp3) is 0.429. The van der Waals surface area contributed by atoms with Crippen LogP contribution in [0, 0.1) is 17.2 Å². The molecule has 10 rings (SSSR count). The summed E-state index contributed by atoms with van der Waals surface area (Å²) in [6, 6.07) is 16.1. The fourth-order valence-electron chi connectivity index (χ4n) is 10.6. The number of esters is 1. The summed E-state index contributed by atoms with van der Waals surface area (Å²) in [5.41, 5.74) is 8.67. The standard InChI is InChI=1S/C49H50ClN9O8/c1-2-49(65)37-22-40-43-30(24-59(40)47(63)36(37)26-66-48(49)64)19-34-35(41(60)10-9-39(34)53-43)25-56-15-17-58(18-16-56)46(62)28-11-13-57(14-12-28)42-21-33(44(45(52)61)55-54-42)27-3-6-31(7-4-27)67-32-8-5-29(23-51)38(50)20-32/h5,8-10,19-22,27-28,31,60,65H,2-4,6-7,11-18,24-26H2,1H3,(H2,52,61)/t27?,31?,49-/m0/s1. The van der Waals surface area contributed by atoms with E-state index in [1.165, 1.54) is 0 Å². The monoisotopic (exact) mass is 927 g/mol. The molecule has 0 spiro atoms. The molecule has 18 heteroatoms. The number of aliphatic hydroxyl groups is 1. The first kappa shape index (κ1) is 44.2. The number of aromatic nitrogens is 4. The van der Waals surface area contributed by atoms with Gasteiger partial charge in [-0.3, -0.25) is 19.3 Å². The molecule has 7 heterocycles. The van der Waals surface area contributed by atoms with Crippen LogP contribution in [0.5, 0.6) is 11.5 Å². The van der Waals surface area contributed by atoms with Crippen molar-refractivity contribution in [2.45, 2.75) is 89.2 Å². The number of rotatable bonds is 9. The lowest BCUT2D eigenvalue weighted by molar-refractivity contribution is -0.172. The Morgan fingerprint density at radius 1 is 0.985 bits per heavy atom. The van der Waals surface area contributed by atoms with E-state index in [0.29, 0.717) is 103 Å². The van der Waals surface area contributed by atoms with Crippen LogP contribution in [-0.4, -0.2) is 103 Å². The van der Waals surface area contributed by atoms with E-state index in [4.69, 9.17) is 31.8 Å². The molecule has 1 saturated carbocycles. The van der Waals surface area contributed by atoms with E-state index in [9.17, 15) is 34.7 Å². The van der Waals surface area contributed by atoms with Gasteiger partial charge in [0.05, 0.1) is 45.7 Å². The zero-order valence-electron chi connectivity index (χ0n) is 37.0. The van der Waals surface area contributed by atoms with Gasteiger partial charge in [-0.05, 0) is 98.9 Å². The van der Waals surface area contributed by atoms with Crippen LogP contribution in [0.25, 0.3) is 22.3 Å². The number of amides is 2. The Balaban J connectivity index is 0.755. The fourth-order valence-corrected chi connectivity index (χ4v) is 10.8. The van der Waals surface area contributed by atoms with Crippen LogP contribution in [0.1, 0.15) is 102 Å². The number of carbonyl (C=O) groups is 3. The summed E-state index contributed by atoms with van der Waals surface area (Å²) < 4.78 is 13.0. The first-order valence-corrected chi connectivity index (χ1v) is 23.3. The van der Waals surface area contributed by atoms with Crippen LogP contribution in [0.3, 0.4) is 0 Å². The summed E-state index contributed by atoms with van der Waals surface area (Å²) in [7, 11) is 0. The number of phenolic OH excluding ortho intramolecular Hbond substituents is 1. The normalized spacial score (nSPS) is 21.9. The summed E-state index contributed by atoms with van der Waals surface area (Å²) in [4.78, 5) is 64.0. The Labute approximate surface area is 390 Å². The number of hydrogen-bond acceptors (Lipinski definition) is 14. The number of pyridine rings is 2. The van der Waals surface area contributed by atoms with Gasteiger partial charge < -0.3 is 39.8 Å². The number of aromatic hydroxyl groups is 1. The smallest absolute Gasteiger partial charge is 0.343 e. The van der Waals surface area contributed by atoms with Crippen molar-refractivity contribution < 1.29 is 34.1 Å². The Hall–Kier alpha value is -6.61. The average molecular weight is 928 g/mol. The minimum atomic E-state index is -1.91. The third kappa shape index (κ3) is 8.00. The van der Waals surface area contributed by atoms with E-state index in [-0.39, 0.29) is 71.5 Å². The third-order valence-electron chi connectivity index (χ3n) is 14.5. The lowest BCUT2D eigenvalue weighted by Crippen LogP contribution is -2.51. The first-order valence-electron chi connectivity index (χ1n) is 22.9. The maximum atomic E-state index is 13.9. The van der Waals surface area contributed by atoms with Crippen LogP contribution in [0.2, 0.25) is 5.02 Å². The SMILES string of the molecule is CC[C@@]1(O)C(=O)OCc2c1cc1n(c2=O)Cc2cc3c(CN4CCN(C(=O)C5CCN(c6cc(C7CCC(Oc8ccc(C#N)c(Cl)c8)CC7)c(C(N)=O)nn6)CC5)CC4)c(O)ccc3nc2-1. The van der Waals surface area contributed by atoms with Crippen molar-refractivity contribution in [2.75, 3.05) is 44.2 Å². The number of halogens is 1. The number of anilines is 1. The molecule has 2 amide bonds. The van der Waals surface area contributed by atoms with Gasteiger partial charge in [-0.25, -0.2) is 9.78 Å². The van der Waals surface area contributed by atoms with Gasteiger partial charge in [-0.15, -0.1) is 10.2 Å². The van der Waals surface area contributed by atoms with Crippen molar-refractivity contribution in [3.05, 3.63) is 103 Å². The Bertz CT molecular complexity index is 2950. The second-order valence-corrected chi connectivity index (χ2v) is 18.7. The van der Waals surface area contributed by atoms with Gasteiger partial charge in [-0.2, -0.15) is 5.26 Å². The molecule has 2 aromatic carbocycles. The Morgan fingerprint density at radius 3 is 2.45 bits per heavy atom. The van der Waals surface area contributed by atoms with Gasteiger partial charge in [0.25, 0.3) is 11.5 Å². The molecule has 0 bridgehead atoms. The van der Waals surface area contributed by atoms with Gasteiger partial charge in [-0.1, -0.05) is 18.5 Å². The maximum Gasteiger partial charge on any atom is 0.343 e. The second-order valence-electron chi connectivity index (χ2n) is 18.3. The maximum absolute atomic E-state index is 13.9. The van der Waals surface area contributed by atoms with Gasteiger partial charge >= 0.3 is 5.97 Å². The van der Waals surface area contributed by atoms with E-state index in [0.717, 1.165) is 42.2 Å². The molecule has 0 unspecified atom stereocenters. The first-order chi connectivity index (χ1) is 32.3. The molecule has 4 aliphatic heterocycles. The molecule has 3 aromatic heterocycles. The largest absolute Gasteiger partial charge is 0.508 e. The minimum absolute atomic E-state index is 0.0390. The van der Waals surface area contributed by atoms with Crippen molar-refractivity contribution in [2.24, 2.45) is 11.7 Å². The van der Waals surface area contributed by atoms with E-state index in [2.05, 4.69) is 26.1 Å². The lowest BCUT2D eigenvalue weighted by Gasteiger charge is -2.39. The number of nitrogens with two attached hydrogens (primary N) is 1. The van der Waals surface area contributed by atoms with Crippen molar-refractivity contribution in [3.8, 4) is 29.0 Å². The number of carbonyl (C=O) groups excluding carboxylic acids is 3. The van der Waals surface area contributed by atoms with Gasteiger partial charge in [0.1, 0.15) is 24.2 Å². The summed E-state index contributed by atoms with van der Waals surface area (Å²) >= 11 is 6.22. The number of fused-ring (bicyclic) bond motifs is 5. The predicted molar refractivity (Wildman–Crippen MR) is 245 cm³/mol. The van der Waals surface area contributed by atoms with Crippen molar-refractivity contribution in [3.63, 3.8) is 0 Å². The highest BCUT2D eigenvalue weighted by atomic mass is 35.5. The molecule has 0 radical (unpaired) electrons. The Morgan fingerprint density at radius 2 is 1.75 bits per heavy atom. The van der Waals surface area contributed by atoms with Crippen LogP contribution >= 0.6 is 11.6 Å². The molecule has 5 aliphatic rings. The zero-order chi connectivity index (χ0) is 46.7. The number of primary amides is 1. The quantitative estimate of drug-likeness (QED) is 0.165. The van der Waals surface area contributed by atoms with Crippen LogP contribution in [0.4, 0.5) is 5.82 Å². The number of ether oxygens (including phenoxy) is 2. The highest BCUT2D eigenvalue weighted by Crippen LogP contribution is 2.41. The molecule has 5 aromatic rings. The van der Waals surface area contributed by atoms with Crippen molar-refractivity contribution in [1.29, 1.82) is 5.26 Å². The molecule has 17 nitrogen and oxygen atoms in total. The second kappa shape index (κ2) is 17.6. The van der Waals surface area contributed by atoms with E-state index >= 15 is 0 Å². The number of hydrogen-bond donors (Lipinski definition) is 3. The third-order valence-corrected chi connectivity index (χ3v) is 14.8. The zero-order valence-corrected chi connectivity index (χ0v) is 37.8. The lowest BCUT2D eigenvalue weighted by atomic mass is 9.82. The number of nitrogens with zero attached hydrogens (tertiary/aromatic N) is 8. The highest BCUT2D eigenvalue weighted by Gasteiger charge is 2.45. The predicted octanol–water partition coefficient (Wildman–Crippen LogP) is 4.87. The van der Waals surface area contributed by atoms with Gasteiger partial charge in [0.2, 0.25) is 5.91 Å². The number of piperidine rings is 1. The molecule has 4 N–H and O–H groups in total. The minimum Gasteiger partial charge on any atom is -0.508 e. The van der Waals surface area contributed by atoms with Gasteiger partial charge in [0.15, 0.2) is 17.1 Å². The molecule has 67 heavy (non-hydrogen) atoms. The molecule has 346 valence electrons. The molecule has 1 atom stereocenters. The number of cyclic esters (lactones) is 1. The van der Waals surface area contributed by atoms with Gasteiger partial charge in [0, 0.05) is 79.9 Å².